The molecule has 0 aliphatic rings. The van der Waals surface area contributed by atoms with Gasteiger partial charge in [0, 0.05) is 0 Å². The Kier molecular flexibility index (Phi) is 3.70. The van der Waals surface area contributed by atoms with E-state index in [1.54, 1.807) is 0 Å². The fourth-order valence-corrected chi connectivity index (χ4v) is 1.76. The number of rotatable bonds is 3. The topological polar surface area (TPSA) is 9.23 Å². The minimum absolute atomic E-state index is 0.190. The molecule has 1 unspecified atom stereocenters. The van der Waals surface area contributed by atoms with Crippen LogP contribution in [0.3, 0.4) is 0 Å². The third-order valence-corrected chi connectivity index (χ3v) is 2.34. The Morgan fingerprint density at radius 3 is 2.21 bits per heavy atom. The Bertz CT molecular complexity index is 302. The van der Waals surface area contributed by atoms with Crippen LogP contribution in [0.4, 0.5) is 0 Å². The van der Waals surface area contributed by atoms with Gasteiger partial charge in [-0.25, -0.2) is 0 Å². The number of hydrogen-bond acceptors (Lipinski definition) is 1. The fourth-order valence-electron chi connectivity index (χ4n) is 1.76. The minimum atomic E-state index is 0.190. The van der Waals surface area contributed by atoms with Gasteiger partial charge in [-0.3, -0.25) is 0 Å². The summed E-state index contributed by atoms with van der Waals surface area (Å²) in [6.45, 7) is 10.5. The molecular weight excluding hydrogens is 172 g/mol. The number of hydrogen-bond donors (Lipinski definition) is 0. The highest BCUT2D eigenvalue weighted by Crippen LogP contribution is 2.22. The minimum Gasteiger partial charge on any atom is -0.371 e. The van der Waals surface area contributed by atoms with Crippen molar-refractivity contribution in [1.29, 1.82) is 0 Å². The summed E-state index contributed by atoms with van der Waals surface area (Å²) >= 11 is 0. The van der Waals surface area contributed by atoms with Crippen molar-refractivity contribution in [3.8, 4) is 0 Å². The average molecular weight is 192 g/mol. The Labute approximate surface area is 87.1 Å². The van der Waals surface area contributed by atoms with E-state index in [9.17, 15) is 0 Å². The highest BCUT2D eigenvalue weighted by Gasteiger charge is 2.09. The molecule has 0 heterocycles. The van der Waals surface area contributed by atoms with Crippen molar-refractivity contribution in [2.24, 2.45) is 0 Å². The Hall–Kier alpha value is -0.820. The van der Waals surface area contributed by atoms with Crippen LogP contribution in [-0.2, 0) is 4.74 Å². The Morgan fingerprint density at radius 2 is 1.71 bits per heavy atom. The molecular formula is C13H20O. The van der Waals surface area contributed by atoms with E-state index in [-0.39, 0.29) is 12.2 Å². The van der Waals surface area contributed by atoms with Crippen LogP contribution in [-0.4, -0.2) is 6.10 Å². The van der Waals surface area contributed by atoms with E-state index in [0.29, 0.717) is 0 Å². The van der Waals surface area contributed by atoms with E-state index in [2.05, 4.69) is 52.8 Å². The Morgan fingerprint density at radius 1 is 1.07 bits per heavy atom. The molecule has 0 aliphatic carbocycles. The summed E-state index contributed by atoms with van der Waals surface area (Å²) in [5.74, 6) is 0. The molecule has 1 heteroatoms. The largest absolute Gasteiger partial charge is 0.371 e. The van der Waals surface area contributed by atoms with Crippen molar-refractivity contribution < 1.29 is 4.74 Å². The van der Waals surface area contributed by atoms with E-state index in [1.165, 1.54) is 16.7 Å². The predicted molar refractivity (Wildman–Crippen MR) is 60.6 cm³/mol. The van der Waals surface area contributed by atoms with Gasteiger partial charge in [-0.15, -0.1) is 0 Å². The van der Waals surface area contributed by atoms with E-state index < -0.39 is 0 Å². The molecule has 1 rings (SSSR count). The van der Waals surface area contributed by atoms with Gasteiger partial charge >= 0.3 is 0 Å². The normalized spacial score (nSPS) is 13.3. The molecule has 0 saturated heterocycles. The zero-order valence-corrected chi connectivity index (χ0v) is 9.79. The summed E-state index contributed by atoms with van der Waals surface area (Å²) < 4.78 is 5.76. The maximum atomic E-state index is 5.76. The molecule has 0 spiro atoms. The third kappa shape index (κ3) is 2.85. The highest BCUT2D eigenvalue weighted by molar-refractivity contribution is 5.31. The second-order valence-electron chi connectivity index (χ2n) is 4.19. The van der Waals surface area contributed by atoms with Crippen molar-refractivity contribution in [2.45, 2.75) is 46.8 Å². The molecule has 0 amide bonds. The fraction of sp³-hybridized carbons (Fsp3) is 0.538. The summed E-state index contributed by atoms with van der Waals surface area (Å²) in [6, 6.07) is 6.51. The van der Waals surface area contributed by atoms with Gasteiger partial charge in [-0.1, -0.05) is 23.8 Å². The molecule has 0 radical (unpaired) electrons. The summed E-state index contributed by atoms with van der Waals surface area (Å²) in [6.07, 6.45) is 0.473. The molecule has 1 aromatic rings. The van der Waals surface area contributed by atoms with Crippen LogP contribution in [0, 0.1) is 13.8 Å². The maximum Gasteiger partial charge on any atom is 0.0802 e. The van der Waals surface area contributed by atoms with E-state index >= 15 is 0 Å². The molecule has 0 saturated carbocycles. The third-order valence-electron chi connectivity index (χ3n) is 2.34. The monoisotopic (exact) mass is 192 g/mol. The quantitative estimate of drug-likeness (QED) is 0.708. The highest BCUT2D eigenvalue weighted by atomic mass is 16.5. The van der Waals surface area contributed by atoms with Crippen molar-refractivity contribution in [3.05, 3.63) is 34.9 Å². The van der Waals surface area contributed by atoms with Crippen LogP contribution in [0.25, 0.3) is 0 Å². The molecule has 1 atom stereocenters. The van der Waals surface area contributed by atoms with Crippen molar-refractivity contribution in [3.63, 3.8) is 0 Å². The Balaban J connectivity index is 2.84. The van der Waals surface area contributed by atoms with Gasteiger partial charge in [0.1, 0.15) is 0 Å². The van der Waals surface area contributed by atoms with Crippen molar-refractivity contribution in [1.82, 2.24) is 0 Å². The van der Waals surface area contributed by atoms with Crippen LogP contribution >= 0.6 is 0 Å². The van der Waals surface area contributed by atoms with Crippen LogP contribution < -0.4 is 0 Å². The molecule has 78 valence electrons. The zero-order chi connectivity index (χ0) is 10.7. The van der Waals surface area contributed by atoms with E-state index in [0.717, 1.165) is 0 Å². The van der Waals surface area contributed by atoms with Gasteiger partial charge in [0.15, 0.2) is 0 Å². The second kappa shape index (κ2) is 4.61. The number of aryl methyl sites for hydroxylation is 2. The van der Waals surface area contributed by atoms with Crippen LogP contribution in [0.15, 0.2) is 18.2 Å². The molecule has 0 fully saturated rings. The van der Waals surface area contributed by atoms with E-state index in [4.69, 9.17) is 4.74 Å². The molecule has 0 bridgehead atoms. The number of ether oxygens (including phenoxy) is 1. The van der Waals surface area contributed by atoms with Gasteiger partial charge in [0.2, 0.25) is 0 Å². The summed E-state index contributed by atoms with van der Waals surface area (Å²) in [5, 5.41) is 0. The molecule has 0 N–H and O–H groups in total. The van der Waals surface area contributed by atoms with Gasteiger partial charge in [0.25, 0.3) is 0 Å². The summed E-state index contributed by atoms with van der Waals surface area (Å²) in [5.41, 5.74) is 3.92. The first-order chi connectivity index (χ1) is 6.50. The molecule has 1 aromatic carbocycles. The first-order valence-electron chi connectivity index (χ1n) is 5.23. The molecule has 14 heavy (non-hydrogen) atoms. The van der Waals surface area contributed by atoms with Crippen LogP contribution in [0.2, 0.25) is 0 Å². The molecule has 0 aliphatic heterocycles. The summed E-state index contributed by atoms with van der Waals surface area (Å²) in [7, 11) is 0. The zero-order valence-electron chi connectivity index (χ0n) is 9.79. The second-order valence-corrected chi connectivity index (χ2v) is 4.19. The maximum absolute atomic E-state index is 5.76. The van der Waals surface area contributed by atoms with Crippen LogP contribution in [0.5, 0.6) is 0 Å². The van der Waals surface area contributed by atoms with Gasteiger partial charge in [0.05, 0.1) is 12.2 Å². The van der Waals surface area contributed by atoms with Gasteiger partial charge < -0.3 is 4.74 Å². The predicted octanol–water partition coefficient (Wildman–Crippen LogP) is 3.79. The van der Waals surface area contributed by atoms with Crippen LogP contribution in [0.1, 0.15) is 43.6 Å². The van der Waals surface area contributed by atoms with Gasteiger partial charge in [-0.2, -0.15) is 0 Å². The number of benzene rings is 1. The van der Waals surface area contributed by atoms with Gasteiger partial charge in [-0.05, 0) is 45.7 Å². The SMILES string of the molecule is Cc1ccc(C(C)OC(C)C)c(C)c1. The lowest BCUT2D eigenvalue weighted by molar-refractivity contribution is 0.0175. The molecule has 1 nitrogen and oxygen atoms in total. The standard InChI is InChI=1S/C13H20O/c1-9(2)14-12(5)13-7-6-10(3)8-11(13)4/h6-9,12H,1-5H3. The van der Waals surface area contributed by atoms with Crippen molar-refractivity contribution in [2.75, 3.05) is 0 Å². The smallest absolute Gasteiger partial charge is 0.0802 e. The first-order valence-corrected chi connectivity index (χ1v) is 5.23. The first kappa shape index (κ1) is 11.3. The lowest BCUT2D eigenvalue weighted by Crippen LogP contribution is -2.08. The lowest BCUT2D eigenvalue weighted by atomic mass is 10.0. The lowest BCUT2D eigenvalue weighted by Gasteiger charge is -2.18. The average Bonchev–Trinajstić information content (AvgIpc) is 2.01. The van der Waals surface area contributed by atoms with E-state index in [1.807, 2.05) is 0 Å². The summed E-state index contributed by atoms with van der Waals surface area (Å²) in [4.78, 5) is 0. The molecule has 0 aromatic heterocycles. The van der Waals surface area contributed by atoms with Crippen molar-refractivity contribution >= 4 is 0 Å².